The van der Waals surface area contributed by atoms with E-state index in [4.69, 9.17) is 9.97 Å². The summed E-state index contributed by atoms with van der Waals surface area (Å²) in [6, 6.07) is 57.9. The first-order chi connectivity index (χ1) is 24.3. The Morgan fingerprint density at radius 1 is 0.388 bits per heavy atom. The van der Waals surface area contributed by atoms with Crippen LogP contribution < -0.4 is 0 Å². The lowest BCUT2D eigenvalue weighted by Crippen LogP contribution is -1.97. The Bertz CT molecular complexity index is 2410. The summed E-state index contributed by atoms with van der Waals surface area (Å²) in [5, 5.41) is 2.57. The predicted molar refractivity (Wildman–Crippen MR) is 204 cm³/mol. The zero-order valence-corrected chi connectivity index (χ0v) is 27.0. The minimum Gasteiger partial charge on any atom is -0.309 e. The molecule has 0 unspecified atom stereocenters. The van der Waals surface area contributed by atoms with Gasteiger partial charge in [-0.15, -0.1) is 0 Å². The highest BCUT2D eigenvalue weighted by molar-refractivity contribution is 6.09. The third-order valence-corrected chi connectivity index (χ3v) is 9.58. The van der Waals surface area contributed by atoms with Crippen molar-refractivity contribution < 1.29 is 0 Å². The van der Waals surface area contributed by atoms with Crippen LogP contribution >= 0.6 is 0 Å². The Kier molecular flexibility index (Phi) is 7.29. The van der Waals surface area contributed by atoms with Gasteiger partial charge in [0.15, 0.2) is 5.82 Å². The molecule has 0 radical (unpaired) electrons. The number of benzene rings is 6. The molecule has 0 spiro atoms. The summed E-state index contributed by atoms with van der Waals surface area (Å²) >= 11 is 0. The smallest absolute Gasteiger partial charge is 0.160 e. The molecule has 3 heteroatoms. The van der Waals surface area contributed by atoms with Gasteiger partial charge in [0.1, 0.15) is 0 Å². The van der Waals surface area contributed by atoms with Crippen LogP contribution in [0.4, 0.5) is 0 Å². The van der Waals surface area contributed by atoms with E-state index in [1.165, 1.54) is 49.8 Å². The van der Waals surface area contributed by atoms with E-state index in [1.807, 2.05) is 24.3 Å². The van der Waals surface area contributed by atoms with Crippen LogP contribution in [0.3, 0.4) is 0 Å². The molecular formula is C46H33N3. The summed E-state index contributed by atoms with van der Waals surface area (Å²) in [5.74, 6) is 0.732. The van der Waals surface area contributed by atoms with Gasteiger partial charge in [-0.1, -0.05) is 140 Å². The van der Waals surface area contributed by atoms with E-state index >= 15 is 0 Å². The van der Waals surface area contributed by atoms with Crippen molar-refractivity contribution in [1.29, 1.82) is 0 Å². The number of hydrogen-bond acceptors (Lipinski definition) is 2. The Balaban J connectivity index is 1.02. The first-order valence-corrected chi connectivity index (χ1v) is 16.9. The second kappa shape index (κ2) is 12.4. The van der Waals surface area contributed by atoms with Gasteiger partial charge in [-0.2, -0.15) is 0 Å². The Labute approximate surface area is 286 Å². The maximum absolute atomic E-state index is 5.05. The van der Waals surface area contributed by atoms with Gasteiger partial charge in [-0.3, -0.25) is 0 Å². The normalized spacial score (nSPS) is 13.0. The van der Waals surface area contributed by atoms with Gasteiger partial charge in [0.05, 0.1) is 22.4 Å². The molecule has 2 aromatic heterocycles. The molecule has 2 heterocycles. The minimum absolute atomic E-state index is 0.732. The van der Waals surface area contributed by atoms with E-state index < -0.39 is 0 Å². The van der Waals surface area contributed by atoms with E-state index in [0.717, 1.165) is 46.7 Å². The van der Waals surface area contributed by atoms with Crippen LogP contribution in [0.25, 0.3) is 72.5 Å². The van der Waals surface area contributed by atoms with Crippen molar-refractivity contribution in [3.05, 3.63) is 187 Å². The number of aromatic nitrogens is 3. The molecule has 0 N–H and O–H groups in total. The third kappa shape index (κ3) is 5.46. The highest BCUT2D eigenvalue weighted by Gasteiger charge is 2.15. The first-order valence-electron chi connectivity index (χ1n) is 16.9. The van der Waals surface area contributed by atoms with Gasteiger partial charge in [-0.05, 0) is 71.5 Å². The molecule has 6 aromatic carbocycles. The average molecular weight is 628 g/mol. The van der Waals surface area contributed by atoms with Crippen molar-refractivity contribution in [3.63, 3.8) is 0 Å². The van der Waals surface area contributed by atoms with Crippen LogP contribution in [0, 0.1) is 0 Å². The van der Waals surface area contributed by atoms with Crippen LogP contribution in [0.2, 0.25) is 0 Å². The summed E-state index contributed by atoms with van der Waals surface area (Å²) < 4.78 is 2.37. The quantitative estimate of drug-likeness (QED) is 0.184. The number of allylic oxidation sites excluding steroid dienone is 4. The molecule has 1 aliphatic carbocycles. The largest absolute Gasteiger partial charge is 0.309 e. The third-order valence-electron chi connectivity index (χ3n) is 9.58. The number of hydrogen-bond donors (Lipinski definition) is 0. The average Bonchev–Trinajstić information content (AvgIpc) is 3.53. The molecule has 0 aliphatic heterocycles. The summed E-state index contributed by atoms with van der Waals surface area (Å²) in [5.41, 5.74) is 13.9. The lowest BCUT2D eigenvalue weighted by Gasteiger charge is -2.17. The molecule has 0 bridgehead atoms. The fraction of sp³-hybridized carbons (Fsp3) is 0.0435. The molecule has 0 saturated heterocycles. The van der Waals surface area contributed by atoms with E-state index in [9.17, 15) is 0 Å². The maximum Gasteiger partial charge on any atom is 0.160 e. The molecular weight excluding hydrogens is 595 g/mol. The summed E-state index contributed by atoms with van der Waals surface area (Å²) in [7, 11) is 0. The van der Waals surface area contributed by atoms with E-state index in [2.05, 4.69) is 156 Å². The van der Waals surface area contributed by atoms with Crippen molar-refractivity contribution in [1.82, 2.24) is 14.5 Å². The summed E-state index contributed by atoms with van der Waals surface area (Å²) in [6.07, 6.45) is 6.57. The standard InChI is InChI=1S/C46H33N3/c1-3-12-35(13-4-1)42-31-43(48-46(47-42)36-14-5-2-6-15-36)38-17-11-16-37(30-38)34-24-22-32(23-25-34)33-26-28-39(29-27-33)49-44-20-9-7-18-40(44)41-19-8-10-21-45(41)49/h1-22,24,26-31H,23,25H2. The van der Waals surface area contributed by atoms with Crippen molar-refractivity contribution in [2.45, 2.75) is 12.8 Å². The van der Waals surface area contributed by atoms with Gasteiger partial charge in [0, 0.05) is 33.2 Å². The summed E-state index contributed by atoms with van der Waals surface area (Å²) in [6.45, 7) is 0. The van der Waals surface area contributed by atoms with Crippen molar-refractivity contribution in [2.24, 2.45) is 0 Å². The summed E-state index contributed by atoms with van der Waals surface area (Å²) in [4.78, 5) is 10.0. The van der Waals surface area contributed by atoms with E-state index in [-0.39, 0.29) is 0 Å². The monoisotopic (exact) mass is 627 g/mol. The molecule has 3 nitrogen and oxygen atoms in total. The number of para-hydroxylation sites is 2. The lowest BCUT2D eigenvalue weighted by atomic mass is 9.89. The molecule has 49 heavy (non-hydrogen) atoms. The molecule has 0 atom stereocenters. The molecule has 9 rings (SSSR count). The second-order valence-corrected chi connectivity index (χ2v) is 12.6. The molecule has 0 saturated carbocycles. The van der Waals surface area contributed by atoms with Crippen molar-refractivity contribution in [3.8, 4) is 39.6 Å². The van der Waals surface area contributed by atoms with Crippen molar-refractivity contribution >= 4 is 33.0 Å². The highest BCUT2D eigenvalue weighted by Crippen LogP contribution is 2.36. The van der Waals surface area contributed by atoms with Gasteiger partial charge >= 0.3 is 0 Å². The van der Waals surface area contributed by atoms with Gasteiger partial charge < -0.3 is 4.57 Å². The molecule has 0 fully saturated rings. The first kappa shape index (κ1) is 28.9. The predicted octanol–water partition coefficient (Wildman–Crippen LogP) is 11.8. The van der Waals surface area contributed by atoms with E-state index in [1.54, 1.807) is 0 Å². The highest BCUT2D eigenvalue weighted by atomic mass is 15.0. The second-order valence-electron chi connectivity index (χ2n) is 12.6. The van der Waals surface area contributed by atoms with Gasteiger partial charge in [0.25, 0.3) is 0 Å². The number of rotatable bonds is 6. The van der Waals surface area contributed by atoms with E-state index in [0.29, 0.717) is 0 Å². The van der Waals surface area contributed by atoms with Crippen molar-refractivity contribution in [2.75, 3.05) is 0 Å². The zero-order valence-electron chi connectivity index (χ0n) is 27.0. The van der Waals surface area contributed by atoms with Crippen LogP contribution in [0.5, 0.6) is 0 Å². The minimum atomic E-state index is 0.732. The fourth-order valence-electron chi connectivity index (χ4n) is 7.09. The SMILES string of the molecule is C1=C(c2ccc(-n3c4ccccc4c4ccccc43)cc2)CCC(c2cccc(-c3cc(-c4ccccc4)nc(-c4ccccc4)n3)c2)=C1. The van der Waals surface area contributed by atoms with Gasteiger partial charge in [-0.25, -0.2) is 9.97 Å². The maximum atomic E-state index is 5.05. The zero-order chi connectivity index (χ0) is 32.6. The van der Waals surface area contributed by atoms with Crippen LogP contribution in [0.15, 0.2) is 176 Å². The molecule has 0 amide bonds. The van der Waals surface area contributed by atoms with Crippen LogP contribution in [-0.2, 0) is 0 Å². The molecule has 1 aliphatic rings. The molecule has 8 aromatic rings. The van der Waals surface area contributed by atoms with Crippen LogP contribution in [-0.4, -0.2) is 14.5 Å². The van der Waals surface area contributed by atoms with Crippen LogP contribution in [0.1, 0.15) is 24.0 Å². The Morgan fingerprint density at radius 2 is 0.898 bits per heavy atom. The Morgan fingerprint density at radius 3 is 1.53 bits per heavy atom. The number of nitrogens with zero attached hydrogens (tertiary/aromatic N) is 3. The van der Waals surface area contributed by atoms with Gasteiger partial charge in [0.2, 0.25) is 0 Å². The fourth-order valence-corrected chi connectivity index (χ4v) is 7.09. The lowest BCUT2D eigenvalue weighted by molar-refractivity contribution is 1.07. The number of fused-ring (bicyclic) bond motifs is 3. The topological polar surface area (TPSA) is 30.7 Å². The molecule has 232 valence electrons. The Hall–Kier alpha value is -6.32.